The number of hydrogen-bond acceptors (Lipinski definition) is 2. The molecular formula is C16H30N2. The molecule has 0 radical (unpaired) electrons. The maximum Gasteiger partial charge on any atom is 0.0111 e. The Morgan fingerprint density at radius 3 is 2.33 bits per heavy atom. The smallest absolute Gasteiger partial charge is 0.0111 e. The first-order chi connectivity index (χ1) is 8.76. The summed E-state index contributed by atoms with van der Waals surface area (Å²) in [5, 5.41) is 4.02. The van der Waals surface area contributed by atoms with Crippen LogP contribution in [-0.4, -0.2) is 36.1 Å². The van der Waals surface area contributed by atoms with Crippen LogP contribution < -0.4 is 5.32 Å². The summed E-state index contributed by atoms with van der Waals surface area (Å²) >= 11 is 0. The third kappa shape index (κ3) is 2.60. The second kappa shape index (κ2) is 5.50. The molecule has 2 bridgehead atoms. The number of piperidine rings is 1. The second-order valence-electron chi connectivity index (χ2n) is 7.02. The SMILES string of the molecule is CCC1CCCC(NC2CC3CCC(C2)N3C)C1. The van der Waals surface area contributed by atoms with Crippen LogP contribution in [0.4, 0.5) is 0 Å². The summed E-state index contributed by atoms with van der Waals surface area (Å²) in [7, 11) is 2.34. The molecule has 4 atom stereocenters. The van der Waals surface area contributed by atoms with Crippen LogP contribution in [0, 0.1) is 5.92 Å². The average molecular weight is 250 g/mol. The molecule has 2 aliphatic heterocycles. The number of nitrogens with zero attached hydrogens (tertiary/aromatic N) is 1. The molecule has 0 aromatic rings. The van der Waals surface area contributed by atoms with E-state index in [2.05, 4.69) is 24.2 Å². The van der Waals surface area contributed by atoms with Gasteiger partial charge in [-0.2, -0.15) is 0 Å². The van der Waals surface area contributed by atoms with E-state index in [0.29, 0.717) is 0 Å². The van der Waals surface area contributed by atoms with Crippen molar-refractivity contribution in [2.24, 2.45) is 5.92 Å². The summed E-state index contributed by atoms with van der Waals surface area (Å²) in [6.07, 6.45) is 12.9. The quantitative estimate of drug-likeness (QED) is 0.827. The van der Waals surface area contributed by atoms with E-state index in [1.165, 1.54) is 57.8 Å². The monoisotopic (exact) mass is 250 g/mol. The van der Waals surface area contributed by atoms with Crippen LogP contribution in [0.3, 0.4) is 0 Å². The number of hydrogen-bond donors (Lipinski definition) is 1. The van der Waals surface area contributed by atoms with Gasteiger partial charge in [0.2, 0.25) is 0 Å². The van der Waals surface area contributed by atoms with Crippen LogP contribution in [0.25, 0.3) is 0 Å². The van der Waals surface area contributed by atoms with Gasteiger partial charge in [0.15, 0.2) is 0 Å². The molecule has 1 aliphatic carbocycles. The molecule has 0 aromatic carbocycles. The van der Waals surface area contributed by atoms with Crippen LogP contribution in [0.1, 0.15) is 64.7 Å². The largest absolute Gasteiger partial charge is 0.311 e. The van der Waals surface area contributed by atoms with Gasteiger partial charge in [0.25, 0.3) is 0 Å². The van der Waals surface area contributed by atoms with Gasteiger partial charge in [-0.05, 0) is 51.5 Å². The lowest BCUT2D eigenvalue weighted by Crippen LogP contribution is -2.50. The molecule has 1 N–H and O–H groups in total. The van der Waals surface area contributed by atoms with Gasteiger partial charge in [0.05, 0.1) is 0 Å². The first kappa shape index (κ1) is 12.9. The highest BCUT2D eigenvalue weighted by atomic mass is 15.2. The molecule has 3 aliphatic rings. The molecule has 3 fully saturated rings. The first-order valence-corrected chi connectivity index (χ1v) is 8.24. The van der Waals surface area contributed by atoms with E-state index in [4.69, 9.17) is 0 Å². The van der Waals surface area contributed by atoms with E-state index in [0.717, 1.165) is 30.1 Å². The minimum atomic E-state index is 0.819. The fourth-order valence-corrected chi connectivity index (χ4v) is 4.69. The number of fused-ring (bicyclic) bond motifs is 2. The summed E-state index contributed by atoms with van der Waals surface area (Å²) in [5.41, 5.74) is 0. The fraction of sp³-hybridized carbons (Fsp3) is 1.00. The maximum atomic E-state index is 4.02. The maximum absolute atomic E-state index is 4.02. The Morgan fingerprint density at radius 1 is 0.944 bits per heavy atom. The lowest BCUT2D eigenvalue weighted by atomic mass is 9.83. The Labute approximate surface area is 113 Å². The predicted molar refractivity (Wildman–Crippen MR) is 76.8 cm³/mol. The fourth-order valence-electron chi connectivity index (χ4n) is 4.69. The first-order valence-electron chi connectivity index (χ1n) is 8.24. The molecular weight excluding hydrogens is 220 g/mol. The molecule has 2 heteroatoms. The van der Waals surface area contributed by atoms with Crippen molar-refractivity contribution < 1.29 is 0 Å². The third-order valence-corrected chi connectivity index (χ3v) is 5.93. The van der Waals surface area contributed by atoms with Gasteiger partial charge < -0.3 is 10.2 Å². The molecule has 1 saturated carbocycles. The van der Waals surface area contributed by atoms with Gasteiger partial charge in [0.1, 0.15) is 0 Å². The highest BCUT2D eigenvalue weighted by Gasteiger charge is 2.39. The lowest BCUT2D eigenvalue weighted by molar-refractivity contribution is 0.134. The van der Waals surface area contributed by atoms with Crippen molar-refractivity contribution in [3.05, 3.63) is 0 Å². The van der Waals surface area contributed by atoms with E-state index in [9.17, 15) is 0 Å². The van der Waals surface area contributed by atoms with Crippen LogP contribution in [0.5, 0.6) is 0 Å². The van der Waals surface area contributed by atoms with E-state index < -0.39 is 0 Å². The Morgan fingerprint density at radius 2 is 1.67 bits per heavy atom. The second-order valence-corrected chi connectivity index (χ2v) is 7.02. The zero-order chi connectivity index (χ0) is 12.5. The van der Waals surface area contributed by atoms with Gasteiger partial charge >= 0.3 is 0 Å². The van der Waals surface area contributed by atoms with Crippen molar-refractivity contribution >= 4 is 0 Å². The molecule has 2 saturated heterocycles. The summed E-state index contributed by atoms with van der Waals surface area (Å²) in [6.45, 7) is 2.36. The van der Waals surface area contributed by atoms with Crippen LogP contribution in [0.2, 0.25) is 0 Å². The minimum Gasteiger partial charge on any atom is -0.311 e. The molecule has 4 unspecified atom stereocenters. The Bertz CT molecular complexity index is 264. The molecule has 0 amide bonds. The van der Waals surface area contributed by atoms with Crippen molar-refractivity contribution in [1.82, 2.24) is 10.2 Å². The standard InChI is InChI=1S/C16H30N2/c1-3-12-5-4-6-13(9-12)17-14-10-15-7-8-16(11-14)18(15)2/h12-17H,3-11H2,1-2H3. The zero-order valence-corrected chi connectivity index (χ0v) is 12.2. The summed E-state index contributed by atoms with van der Waals surface area (Å²) < 4.78 is 0. The number of nitrogens with one attached hydrogen (secondary N) is 1. The Hall–Kier alpha value is -0.0800. The molecule has 2 heterocycles. The normalized spacial score (nSPS) is 45.3. The van der Waals surface area contributed by atoms with Crippen LogP contribution in [0.15, 0.2) is 0 Å². The van der Waals surface area contributed by atoms with Gasteiger partial charge in [-0.15, -0.1) is 0 Å². The third-order valence-electron chi connectivity index (χ3n) is 5.93. The summed E-state index contributed by atoms with van der Waals surface area (Å²) in [4.78, 5) is 2.65. The predicted octanol–water partition coefficient (Wildman–Crippen LogP) is 3.17. The Kier molecular flexibility index (Phi) is 3.95. The minimum absolute atomic E-state index is 0.819. The van der Waals surface area contributed by atoms with E-state index >= 15 is 0 Å². The van der Waals surface area contributed by atoms with Crippen molar-refractivity contribution in [2.45, 2.75) is 88.9 Å². The van der Waals surface area contributed by atoms with Gasteiger partial charge in [-0.25, -0.2) is 0 Å². The molecule has 0 spiro atoms. The topological polar surface area (TPSA) is 15.3 Å². The number of rotatable bonds is 3. The van der Waals surface area contributed by atoms with E-state index in [1.54, 1.807) is 0 Å². The highest BCUT2D eigenvalue weighted by Crippen LogP contribution is 2.35. The van der Waals surface area contributed by atoms with Crippen molar-refractivity contribution in [2.75, 3.05) is 7.05 Å². The summed E-state index contributed by atoms with van der Waals surface area (Å²) in [5.74, 6) is 0.999. The zero-order valence-electron chi connectivity index (χ0n) is 12.2. The van der Waals surface area contributed by atoms with Gasteiger partial charge in [-0.3, -0.25) is 0 Å². The molecule has 104 valence electrons. The molecule has 2 nitrogen and oxygen atoms in total. The highest BCUT2D eigenvalue weighted by molar-refractivity contribution is 4.97. The molecule has 18 heavy (non-hydrogen) atoms. The van der Waals surface area contributed by atoms with Crippen LogP contribution >= 0.6 is 0 Å². The van der Waals surface area contributed by atoms with Crippen molar-refractivity contribution in [3.8, 4) is 0 Å². The summed E-state index contributed by atoms with van der Waals surface area (Å²) in [6, 6.07) is 3.41. The molecule has 3 rings (SSSR count). The van der Waals surface area contributed by atoms with Crippen molar-refractivity contribution in [3.63, 3.8) is 0 Å². The van der Waals surface area contributed by atoms with Gasteiger partial charge in [0, 0.05) is 24.2 Å². The lowest BCUT2D eigenvalue weighted by Gasteiger charge is -2.40. The van der Waals surface area contributed by atoms with Gasteiger partial charge in [-0.1, -0.05) is 26.2 Å². The Balaban J connectivity index is 1.51. The molecule has 0 aromatic heterocycles. The van der Waals surface area contributed by atoms with E-state index in [1.807, 2.05) is 0 Å². The average Bonchev–Trinajstić information content (AvgIpc) is 2.62. The van der Waals surface area contributed by atoms with E-state index in [-0.39, 0.29) is 0 Å². The van der Waals surface area contributed by atoms with Crippen LogP contribution in [-0.2, 0) is 0 Å². The van der Waals surface area contributed by atoms with Crippen molar-refractivity contribution in [1.29, 1.82) is 0 Å².